The van der Waals surface area contributed by atoms with Gasteiger partial charge >= 0.3 is 0 Å². The van der Waals surface area contributed by atoms with Crippen LogP contribution in [0.15, 0.2) is 22.8 Å². The lowest BCUT2D eigenvalue weighted by Crippen LogP contribution is -2.26. The van der Waals surface area contributed by atoms with Crippen molar-refractivity contribution in [3.05, 3.63) is 22.8 Å². The first kappa shape index (κ1) is 13.9. The van der Waals surface area contributed by atoms with Crippen molar-refractivity contribution in [1.82, 2.24) is 4.98 Å². The van der Waals surface area contributed by atoms with Gasteiger partial charge in [-0.25, -0.2) is 4.98 Å². The topological polar surface area (TPSA) is 16.1 Å². The zero-order valence-electron chi connectivity index (χ0n) is 11.6. The highest BCUT2D eigenvalue weighted by Crippen LogP contribution is 2.34. The van der Waals surface area contributed by atoms with Gasteiger partial charge in [0, 0.05) is 23.8 Å². The molecule has 0 aliphatic carbocycles. The Morgan fingerprint density at radius 3 is 2.61 bits per heavy atom. The molecule has 2 rings (SSSR count). The Bertz CT molecular complexity index is 380. The predicted molar refractivity (Wildman–Crippen MR) is 80.9 cm³/mol. The molecule has 0 aromatic carbocycles. The van der Waals surface area contributed by atoms with Gasteiger partial charge < -0.3 is 4.90 Å². The van der Waals surface area contributed by atoms with E-state index in [1.165, 1.54) is 19.3 Å². The number of anilines is 1. The summed E-state index contributed by atoms with van der Waals surface area (Å²) in [6.45, 7) is 9.37. The summed E-state index contributed by atoms with van der Waals surface area (Å²) < 4.78 is 1.05. The van der Waals surface area contributed by atoms with E-state index in [0.717, 1.165) is 29.3 Å². The Labute approximate surface area is 119 Å². The molecule has 1 saturated heterocycles. The third-order valence-electron chi connectivity index (χ3n) is 3.99. The molecular formula is C15H23BrN2. The molecule has 18 heavy (non-hydrogen) atoms. The molecule has 1 aromatic rings. The molecule has 0 radical (unpaired) electrons. The Kier molecular flexibility index (Phi) is 4.31. The van der Waals surface area contributed by atoms with Crippen LogP contribution in [0.25, 0.3) is 0 Å². The van der Waals surface area contributed by atoms with Crippen molar-refractivity contribution >= 4 is 21.7 Å². The van der Waals surface area contributed by atoms with Crippen LogP contribution in [-0.2, 0) is 0 Å². The molecule has 0 spiro atoms. The highest BCUT2D eigenvalue weighted by Gasteiger charge is 2.27. The Morgan fingerprint density at radius 1 is 1.22 bits per heavy atom. The van der Waals surface area contributed by atoms with Gasteiger partial charge in [-0.3, -0.25) is 0 Å². The van der Waals surface area contributed by atoms with E-state index in [-0.39, 0.29) is 0 Å². The fourth-order valence-electron chi connectivity index (χ4n) is 2.75. The maximum atomic E-state index is 4.51. The number of rotatable bonds is 1. The number of hydrogen-bond acceptors (Lipinski definition) is 2. The number of pyridine rings is 1. The van der Waals surface area contributed by atoms with E-state index in [9.17, 15) is 0 Å². The second-order valence-electron chi connectivity index (χ2n) is 6.32. The van der Waals surface area contributed by atoms with Gasteiger partial charge in [-0.05, 0) is 58.7 Å². The summed E-state index contributed by atoms with van der Waals surface area (Å²) in [4.78, 5) is 6.94. The lowest BCUT2D eigenvalue weighted by atomic mass is 9.77. The maximum Gasteiger partial charge on any atom is 0.128 e. The van der Waals surface area contributed by atoms with Crippen LogP contribution in [0.3, 0.4) is 0 Å². The SMILES string of the molecule is CC(C)(C)C1CCCN(c2ccc(Br)cn2)CC1. The Morgan fingerprint density at radius 2 is 2.00 bits per heavy atom. The monoisotopic (exact) mass is 310 g/mol. The summed E-state index contributed by atoms with van der Waals surface area (Å²) in [5.74, 6) is 1.95. The molecule has 1 aliphatic rings. The number of aromatic nitrogens is 1. The molecule has 0 saturated carbocycles. The van der Waals surface area contributed by atoms with Crippen LogP contribution < -0.4 is 4.90 Å². The van der Waals surface area contributed by atoms with Crippen molar-refractivity contribution in [3.63, 3.8) is 0 Å². The van der Waals surface area contributed by atoms with E-state index in [1.807, 2.05) is 6.20 Å². The first-order valence-electron chi connectivity index (χ1n) is 6.83. The summed E-state index contributed by atoms with van der Waals surface area (Å²) >= 11 is 3.44. The van der Waals surface area contributed by atoms with E-state index in [4.69, 9.17) is 0 Å². The van der Waals surface area contributed by atoms with Crippen molar-refractivity contribution < 1.29 is 0 Å². The van der Waals surface area contributed by atoms with Gasteiger partial charge in [-0.2, -0.15) is 0 Å². The van der Waals surface area contributed by atoms with E-state index in [0.29, 0.717) is 5.41 Å². The predicted octanol–water partition coefficient (Wildman–Crippen LogP) is 4.50. The Balaban J connectivity index is 2.03. The number of hydrogen-bond donors (Lipinski definition) is 0. The van der Waals surface area contributed by atoms with E-state index < -0.39 is 0 Å². The second-order valence-corrected chi connectivity index (χ2v) is 7.23. The van der Waals surface area contributed by atoms with Gasteiger partial charge in [0.25, 0.3) is 0 Å². The van der Waals surface area contributed by atoms with Gasteiger partial charge in [0.1, 0.15) is 5.82 Å². The molecule has 1 fully saturated rings. The minimum absolute atomic E-state index is 0.434. The minimum Gasteiger partial charge on any atom is -0.357 e. The van der Waals surface area contributed by atoms with Crippen LogP contribution in [0.1, 0.15) is 40.0 Å². The molecule has 2 heterocycles. The average Bonchev–Trinajstić information content (AvgIpc) is 2.55. The van der Waals surface area contributed by atoms with Crippen molar-refractivity contribution in [3.8, 4) is 0 Å². The lowest BCUT2D eigenvalue weighted by molar-refractivity contribution is 0.220. The number of nitrogens with zero attached hydrogens (tertiary/aromatic N) is 2. The van der Waals surface area contributed by atoms with Crippen LogP contribution in [0.5, 0.6) is 0 Å². The highest BCUT2D eigenvalue weighted by atomic mass is 79.9. The molecule has 3 heteroatoms. The summed E-state index contributed by atoms with van der Waals surface area (Å²) in [5, 5.41) is 0. The van der Waals surface area contributed by atoms with Crippen molar-refractivity contribution in [2.75, 3.05) is 18.0 Å². The Hall–Kier alpha value is -0.570. The summed E-state index contributed by atoms with van der Waals surface area (Å²) in [6.07, 6.45) is 5.79. The second kappa shape index (κ2) is 5.60. The van der Waals surface area contributed by atoms with Gasteiger partial charge in [-0.15, -0.1) is 0 Å². The molecule has 0 amide bonds. The zero-order valence-corrected chi connectivity index (χ0v) is 13.2. The largest absolute Gasteiger partial charge is 0.357 e. The average molecular weight is 311 g/mol. The molecule has 0 N–H and O–H groups in total. The van der Waals surface area contributed by atoms with Crippen LogP contribution in [-0.4, -0.2) is 18.1 Å². The smallest absolute Gasteiger partial charge is 0.128 e. The van der Waals surface area contributed by atoms with Gasteiger partial charge in [-0.1, -0.05) is 20.8 Å². The first-order valence-corrected chi connectivity index (χ1v) is 7.62. The first-order chi connectivity index (χ1) is 8.47. The minimum atomic E-state index is 0.434. The molecular weight excluding hydrogens is 288 g/mol. The molecule has 0 bridgehead atoms. The molecule has 100 valence electrons. The third kappa shape index (κ3) is 3.47. The quantitative estimate of drug-likeness (QED) is 0.759. The molecule has 1 unspecified atom stereocenters. The van der Waals surface area contributed by atoms with E-state index >= 15 is 0 Å². The normalized spacial score (nSPS) is 21.8. The fraction of sp³-hybridized carbons (Fsp3) is 0.667. The van der Waals surface area contributed by atoms with Gasteiger partial charge in [0.2, 0.25) is 0 Å². The summed E-state index contributed by atoms with van der Waals surface area (Å²) in [6, 6.07) is 4.19. The van der Waals surface area contributed by atoms with Crippen molar-refractivity contribution in [2.45, 2.75) is 40.0 Å². The summed E-state index contributed by atoms with van der Waals surface area (Å²) in [7, 11) is 0. The van der Waals surface area contributed by atoms with Crippen LogP contribution in [0.2, 0.25) is 0 Å². The molecule has 2 nitrogen and oxygen atoms in total. The van der Waals surface area contributed by atoms with Crippen LogP contribution >= 0.6 is 15.9 Å². The number of halogens is 1. The van der Waals surface area contributed by atoms with Gasteiger partial charge in [0.05, 0.1) is 0 Å². The maximum absolute atomic E-state index is 4.51. The van der Waals surface area contributed by atoms with Crippen molar-refractivity contribution in [2.24, 2.45) is 11.3 Å². The lowest BCUT2D eigenvalue weighted by Gasteiger charge is -2.29. The molecule has 1 atom stereocenters. The fourth-order valence-corrected chi connectivity index (χ4v) is 2.98. The van der Waals surface area contributed by atoms with Crippen LogP contribution in [0, 0.1) is 11.3 Å². The van der Waals surface area contributed by atoms with E-state index in [1.54, 1.807) is 0 Å². The third-order valence-corrected chi connectivity index (χ3v) is 4.46. The summed E-state index contributed by atoms with van der Waals surface area (Å²) in [5.41, 5.74) is 0.434. The molecule has 1 aliphatic heterocycles. The van der Waals surface area contributed by atoms with Crippen molar-refractivity contribution in [1.29, 1.82) is 0 Å². The van der Waals surface area contributed by atoms with Gasteiger partial charge in [0.15, 0.2) is 0 Å². The van der Waals surface area contributed by atoms with Crippen LogP contribution in [0.4, 0.5) is 5.82 Å². The standard InChI is InChI=1S/C15H23BrN2/c1-15(2,3)12-5-4-9-18(10-8-12)14-7-6-13(16)11-17-14/h6-7,11-12H,4-5,8-10H2,1-3H3. The highest BCUT2D eigenvalue weighted by molar-refractivity contribution is 9.10. The zero-order chi connectivity index (χ0) is 13.2. The molecule has 1 aromatic heterocycles. The van der Waals surface area contributed by atoms with E-state index in [2.05, 4.69) is 58.7 Å².